The molecule has 0 spiro atoms. The first-order valence-corrected chi connectivity index (χ1v) is 9.41. The summed E-state index contributed by atoms with van der Waals surface area (Å²) in [5.41, 5.74) is 5.18. The van der Waals surface area contributed by atoms with Crippen molar-refractivity contribution in [2.45, 2.75) is 25.8 Å². The van der Waals surface area contributed by atoms with Crippen LogP contribution in [0, 0.1) is 0 Å². The van der Waals surface area contributed by atoms with E-state index in [-0.39, 0.29) is 5.91 Å². The van der Waals surface area contributed by atoms with Crippen LogP contribution in [0.25, 0.3) is 10.9 Å². The Labute approximate surface area is 154 Å². The number of para-hydroxylation sites is 1. The van der Waals surface area contributed by atoms with Gasteiger partial charge in [-0.1, -0.05) is 42.5 Å². The topological polar surface area (TPSA) is 48.1 Å². The lowest BCUT2D eigenvalue weighted by molar-refractivity contribution is -0.132. The first-order valence-electron chi connectivity index (χ1n) is 9.41. The highest BCUT2D eigenvalue weighted by Crippen LogP contribution is 2.19. The Hall–Kier alpha value is -2.59. The Morgan fingerprint density at radius 1 is 1.04 bits per heavy atom. The van der Waals surface area contributed by atoms with E-state index >= 15 is 0 Å². The zero-order chi connectivity index (χ0) is 17.8. The van der Waals surface area contributed by atoms with Gasteiger partial charge < -0.3 is 15.2 Å². The number of nitrogens with zero attached hydrogens (tertiary/aromatic N) is 1. The van der Waals surface area contributed by atoms with Crippen LogP contribution in [0.3, 0.4) is 0 Å². The van der Waals surface area contributed by atoms with E-state index in [0.29, 0.717) is 6.42 Å². The van der Waals surface area contributed by atoms with E-state index in [1.807, 2.05) is 11.0 Å². The van der Waals surface area contributed by atoms with Crippen molar-refractivity contribution in [3.05, 3.63) is 71.4 Å². The van der Waals surface area contributed by atoms with Gasteiger partial charge in [0.25, 0.3) is 0 Å². The van der Waals surface area contributed by atoms with Gasteiger partial charge in [0.15, 0.2) is 0 Å². The van der Waals surface area contributed by atoms with Gasteiger partial charge in [0, 0.05) is 43.2 Å². The lowest BCUT2D eigenvalue weighted by Gasteiger charge is -2.29. The molecule has 2 N–H and O–H groups in total. The van der Waals surface area contributed by atoms with E-state index < -0.39 is 0 Å². The summed E-state index contributed by atoms with van der Waals surface area (Å²) in [6.07, 6.45) is 4.59. The summed E-state index contributed by atoms with van der Waals surface area (Å²) in [4.78, 5) is 17.8. The minimum Gasteiger partial charge on any atom is -0.361 e. The number of nitrogens with one attached hydrogen (secondary N) is 2. The number of aromatic amines is 1. The standard InChI is InChI=1S/C22H25N3O/c26-22(25-14-11-17-5-1-2-6-19(17)16-25)10-13-23-12-9-18-15-24-21-8-4-3-7-20(18)21/h1-8,15,23-24H,9-14,16H2. The molecular weight excluding hydrogens is 322 g/mol. The number of carbonyl (C=O) groups is 1. The molecule has 4 nitrogen and oxygen atoms in total. The van der Waals surface area contributed by atoms with E-state index in [9.17, 15) is 4.79 Å². The molecule has 0 atom stereocenters. The third kappa shape index (κ3) is 3.65. The molecule has 3 aromatic rings. The number of H-pyrrole nitrogens is 1. The molecule has 134 valence electrons. The summed E-state index contributed by atoms with van der Waals surface area (Å²) < 4.78 is 0. The molecule has 1 aliphatic heterocycles. The summed E-state index contributed by atoms with van der Waals surface area (Å²) in [7, 11) is 0. The van der Waals surface area contributed by atoms with E-state index in [4.69, 9.17) is 0 Å². The number of carbonyl (C=O) groups excluding carboxylic acids is 1. The maximum atomic E-state index is 12.5. The molecular formula is C22H25N3O. The molecule has 2 aromatic carbocycles. The van der Waals surface area contributed by atoms with Crippen molar-refractivity contribution < 1.29 is 4.79 Å². The second-order valence-corrected chi connectivity index (χ2v) is 6.94. The Bertz CT molecular complexity index is 899. The maximum Gasteiger partial charge on any atom is 0.224 e. The Kier molecular flexibility index (Phi) is 5.02. The van der Waals surface area contributed by atoms with Gasteiger partial charge >= 0.3 is 0 Å². The summed E-state index contributed by atoms with van der Waals surface area (Å²) in [5.74, 6) is 0.249. The second-order valence-electron chi connectivity index (χ2n) is 6.94. The number of benzene rings is 2. The molecule has 0 bridgehead atoms. The van der Waals surface area contributed by atoms with Crippen LogP contribution in [-0.4, -0.2) is 35.4 Å². The molecule has 1 aromatic heterocycles. The van der Waals surface area contributed by atoms with Crippen LogP contribution in [0.4, 0.5) is 0 Å². The highest BCUT2D eigenvalue weighted by atomic mass is 16.2. The predicted octanol–water partition coefficient (Wildman–Crippen LogP) is 3.28. The molecule has 4 rings (SSSR count). The Morgan fingerprint density at radius 2 is 1.85 bits per heavy atom. The van der Waals surface area contributed by atoms with Gasteiger partial charge in [-0.25, -0.2) is 0 Å². The molecule has 2 heterocycles. The molecule has 4 heteroatoms. The molecule has 0 saturated carbocycles. The van der Waals surface area contributed by atoms with Crippen molar-refractivity contribution in [2.24, 2.45) is 0 Å². The number of hydrogen-bond acceptors (Lipinski definition) is 2. The fraction of sp³-hybridized carbons (Fsp3) is 0.318. The smallest absolute Gasteiger partial charge is 0.224 e. The molecule has 0 aliphatic carbocycles. The normalized spacial score (nSPS) is 13.8. The molecule has 1 aliphatic rings. The number of fused-ring (bicyclic) bond motifs is 2. The second kappa shape index (κ2) is 7.75. The van der Waals surface area contributed by atoms with E-state index in [1.165, 1.54) is 27.6 Å². The lowest BCUT2D eigenvalue weighted by Crippen LogP contribution is -2.37. The van der Waals surface area contributed by atoms with Gasteiger partial charge in [0.2, 0.25) is 5.91 Å². The number of aromatic nitrogens is 1. The highest BCUT2D eigenvalue weighted by Gasteiger charge is 2.19. The zero-order valence-corrected chi connectivity index (χ0v) is 15.0. The first-order chi connectivity index (χ1) is 12.8. The Morgan fingerprint density at radius 3 is 2.77 bits per heavy atom. The van der Waals surface area contributed by atoms with Gasteiger partial charge in [0.1, 0.15) is 0 Å². The predicted molar refractivity (Wildman–Crippen MR) is 105 cm³/mol. The summed E-state index contributed by atoms with van der Waals surface area (Å²) in [6.45, 7) is 3.22. The Balaban J connectivity index is 1.21. The maximum absolute atomic E-state index is 12.5. The monoisotopic (exact) mass is 347 g/mol. The third-order valence-electron chi connectivity index (χ3n) is 5.25. The van der Waals surface area contributed by atoms with Crippen molar-refractivity contribution in [2.75, 3.05) is 19.6 Å². The summed E-state index contributed by atoms with van der Waals surface area (Å²) in [6, 6.07) is 16.8. The molecule has 0 radical (unpaired) electrons. The quantitative estimate of drug-likeness (QED) is 0.672. The van der Waals surface area contributed by atoms with Crippen LogP contribution in [0.2, 0.25) is 0 Å². The molecule has 0 saturated heterocycles. The van der Waals surface area contributed by atoms with Crippen molar-refractivity contribution in [3.8, 4) is 0 Å². The fourth-order valence-electron chi connectivity index (χ4n) is 3.75. The van der Waals surface area contributed by atoms with Crippen LogP contribution in [0.1, 0.15) is 23.1 Å². The first kappa shape index (κ1) is 16.9. The minimum atomic E-state index is 0.249. The lowest BCUT2D eigenvalue weighted by atomic mass is 10.00. The molecule has 0 fully saturated rings. The van der Waals surface area contributed by atoms with Crippen molar-refractivity contribution >= 4 is 16.8 Å². The van der Waals surface area contributed by atoms with Gasteiger partial charge in [-0.05, 0) is 42.1 Å². The average Bonchev–Trinajstić information content (AvgIpc) is 3.10. The van der Waals surface area contributed by atoms with Gasteiger partial charge in [-0.3, -0.25) is 4.79 Å². The molecule has 1 amide bonds. The summed E-state index contributed by atoms with van der Waals surface area (Å²) >= 11 is 0. The van der Waals surface area contributed by atoms with Crippen LogP contribution in [0.15, 0.2) is 54.7 Å². The van der Waals surface area contributed by atoms with Gasteiger partial charge in [0.05, 0.1) is 0 Å². The molecule has 0 unspecified atom stereocenters. The van der Waals surface area contributed by atoms with Crippen LogP contribution in [0.5, 0.6) is 0 Å². The fourth-order valence-corrected chi connectivity index (χ4v) is 3.75. The number of hydrogen-bond donors (Lipinski definition) is 2. The van der Waals surface area contributed by atoms with Crippen molar-refractivity contribution in [3.63, 3.8) is 0 Å². The van der Waals surface area contributed by atoms with Crippen LogP contribution >= 0.6 is 0 Å². The zero-order valence-electron chi connectivity index (χ0n) is 15.0. The largest absolute Gasteiger partial charge is 0.361 e. The van der Waals surface area contributed by atoms with Gasteiger partial charge in [-0.2, -0.15) is 0 Å². The van der Waals surface area contributed by atoms with E-state index in [1.54, 1.807) is 0 Å². The number of rotatable bonds is 6. The van der Waals surface area contributed by atoms with Crippen LogP contribution < -0.4 is 5.32 Å². The van der Waals surface area contributed by atoms with Gasteiger partial charge in [-0.15, -0.1) is 0 Å². The highest BCUT2D eigenvalue weighted by molar-refractivity contribution is 5.83. The third-order valence-corrected chi connectivity index (χ3v) is 5.25. The van der Waals surface area contributed by atoms with E-state index in [2.05, 4.69) is 59.0 Å². The van der Waals surface area contributed by atoms with E-state index in [0.717, 1.165) is 39.0 Å². The molecule has 26 heavy (non-hydrogen) atoms. The number of amides is 1. The SMILES string of the molecule is O=C(CCNCCc1c[nH]c2ccccc12)N1CCc2ccccc2C1. The summed E-state index contributed by atoms with van der Waals surface area (Å²) in [5, 5.41) is 4.71. The van der Waals surface area contributed by atoms with Crippen molar-refractivity contribution in [1.29, 1.82) is 0 Å². The van der Waals surface area contributed by atoms with Crippen LogP contribution in [-0.2, 0) is 24.2 Å². The van der Waals surface area contributed by atoms with Crippen molar-refractivity contribution in [1.82, 2.24) is 15.2 Å². The average molecular weight is 347 g/mol. The minimum absolute atomic E-state index is 0.249.